The minimum absolute atomic E-state index is 0.176. The number of hydrogen-bond acceptors (Lipinski definition) is 2. The van der Waals surface area contributed by atoms with Crippen molar-refractivity contribution >= 4 is 5.91 Å². The fourth-order valence-electron chi connectivity index (χ4n) is 2.08. The molecule has 0 aliphatic heterocycles. The molecule has 0 fully saturated rings. The molecular formula is C17H28N2O. The van der Waals surface area contributed by atoms with E-state index >= 15 is 0 Å². The van der Waals surface area contributed by atoms with Gasteiger partial charge in [0, 0.05) is 26.1 Å². The largest absolute Gasteiger partial charge is 0.346 e. The van der Waals surface area contributed by atoms with Crippen LogP contribution in [0.5, 0.6) is 0 Å². The highest BCUT2D eigenvalue weighted by molar-refractivity contribution is 5.75. The summed E-state index contributed by atoms with van der Waals surface area (Å²) in [5.41, 5.74) is 7.30. The van der Waals surface area contributed by atoms with Crippen LogP contribution in [0.2, 0.25) is 0 Å². The Morgan fingerprint density at radius 2 is 1.90 bits per heavy atom. The number of hydrogen-bond donors (Lipinski definition) is 1. The maximum Gasteiger partial charge on any atom is 0.222 e. The Balaban J connectivity index is 2.21. The summed E-state index contributed by atoms with van der Waals surface area (Å²) < 4.78 is 0. The van der Waals surface area contributed by atoms with Crippen LogP contribution < -0.4 is 5.73 Å². The van der Waals surface area contributed by atoms with E-state index in [1.165, 1.54) is 5.56 Å². The van der Waals surface area contributed by atoms with Crippen LogP contribution in [0.25, 0.3) is 0 Å². The standard InChI is InChI=1S/C17H28N2O/c1-14(2)16(18)12-13-19(3)17(20)11-7-10-15-8-5-4-6-9-15/h4-6,8-9,14,16H,7,10-13,18H2,1-3H3. The van der Waals surface area contributed by atoms with Crippen molar-refractivity contribution in [3.05, 3.63) is 35.9 Å². The molecule has 3 nitrogen and oxygen atoms in total. The minimum atomic E-state index is 0.176. The van der Waals surface area contributed by atoms with Gasteiger partial charge in [-0.15, -0.1) is 0 Å². The first-order valence-corrected chi connectivity index (χ1v) is 7.54. The quantitative estimate of drug-likeness (QED) is 0.793. The zero-order valence-electron chi connectivity index (χ0n) is 13.0. The van der Waals surface area contributed by atoms with Gasteiger partial charge in [0.25, 0.3) is 0 Å². The van der Waals surface area contributed by atoms with E-state index in [-0.39, 0.29) is 11.9 Å². The average Bonchev–Trinajstić information content (AvgIpc) is 2.45. The van der Waals surface area contributed by atoms with Crippen molar-refractivity contribution in [2.45, 2.75) is 45.6 Å². The Hall–Kier alpha value is -1.35. The third-order valence-electron chi connectivity index (χ3n) is 3.78. The molecule has 0 saturated carbocycles. The van der Waals surface area contributed by atoms with Crippen LogP contribution in [-0.4, -0.2) is 30.4 Å². The van der Waals surface area contributed by atoms with E-state index in [4.69, 9.17) is 5.73 Å². The second kappa shape index (κ2) is 8.75. The fraction of sp³-hybridized carbons (Fsp3) is 0.588. The molecule has 20 heavy (non-hydrogen) atoms. The molecule has 0 spiro atoms. The van der Waals surface area contributed by atoms with Gasteiger partial charge < -0.3 is 10.6 Å². The lowest BCUT2D eigenvalue weighted by atomic mass is 10.0. The van der Waals surface area contributed by atoms with Gasteiger partial charge in [-0.1, -0.05) is 44.2 Å². The number of nitrogens with two attached hydrogens (primary N) is 1. The monoisotopic (exact) mass is 276 g/mol. The summed E-state index contributed by atoms with van der Waals surface area (Å²) in [6.07, 6.45) is 3.36. The van der Waals surface area contributed by atoms with Crippen LogP contribution in [0, 0.1) is 5.92 Å². The number of benzene rings is 1. The molecule has 0 aliphatic rings. The first-order valence-electron chi connectivity index (χ1n) is 7.54. The van der Waals surface area contributed by atoms with E-state index in [0.717, 1.165) is 25.8 Å². The summed E-state index contributed by atoms with van der Waals surface area (Å²) in [5.74, 6) is 0.688. The van der Waals surface area contributed by atoms with Crippen molar-refractivity contribution in [3.63, 3.8) is 0 Å². The number of carbonyl (C=O) groups excluding carboxylic acids is 1. The van der Waals surface area contributed by atoms with Gasteiger partial charge in [-0.25, -0.2) is 0 Å². The normalized spacial score (nSPS) is 12.4. The van der Waals surface area contributed by atoms with Crippen LogP contribution in [0.3, 0.4) is 0 Å². The SMILES string of the molecule is CC(C)C(N)CCN(C)C(=O)CCCc1ccccc1. The van der Waals surface area contributed by atoms with E-state index < -0.39 is 0 Å². The molecule has 1 aromatic rings. The van der Waals surface area contributed by atoms with E-state index in [0.29, 0.717) is 12.3 Å². The van der Waals surface area contributed by atoms with Crippen LogP contribution in [-0.2, 0) is 11.2 Å². The van der Waals surface area contributed by atoms with E-state index in [2.05, 4.69) is 26.0 Å². The molecule has 1 unspecified atom stereocenters. The van der Waals surface area contributed by atoms with Gasteiger partial charge >= 0.3 is 0 Å². The van der Waals surface area contributed by atoms with E-state index in [9.17, 15) is 4.79 Å². The summed E-state index contributed by atoms with van der Waals surface area (Å²) in [6.45, 7) is 4.99. The third-order valence-corrected chi connectivity index (χ3v) is 3.78. The lowest BCUT2D eigenvalue weighted by Gasteiger charge is -2.21. The van der Waals surface area contributed by atoms with Gasteiger partial charge in [0.1, 0.15) is 0 Å². The lowest BCUT2D eigenvalue weighted by molar-refractivity contribution is -0.130. The molecule has 3 heteroatoms. The highest BCUT2D eigenvalue weighted by Gasteiger charge is 2.12. The average molecular weight is 276 g/mol. The second-order valence-electron chi connectivity index (χ2n) is 5.85. The number of amides is 1. The van der Waals surface area contributed by atoms with Gasteiger partial charge in [0.05, 0.1) is 0 Å². The number of aryl methyl sites for hydroxylation is 1. The molecule has 1 atom stereocenters. The van der Waals surface area contributed by atoms with Gasteiger partial charge in [-0.05, 0) is 30.7 Å². The van der Waals surface area contributed by atoms with Crippen LogP contribution in [0.15, 0.2) is 30.3 Å². The molecule has 0 heterocycles. The first-order chi connectivity index (χ1) is 9.50. The molecule has 0 bridgehead atoms. The summed E-state index contributed by atoms with van der Waals surface area (Å²) in [7, 11) is 1.87. The van der Waals surface area contributed by atoms with Crippen molar-refractivity contribution in [1.82, 2.24) is 4.90 Å². The lowest BCUT2D eigenvalue weighted by Crippen LogP contribution is -2.34. The van der Waals surface area contributed by atoms with Gasteiger partial charge in [0.2, 0.25) is 5.91 Å². The molecule has 1 rings (SSSR count). The van der Waals surface area contributed by atoms with Gasteiger partial charge in [-0.2, -0.15) is 0 Å². The summed E-state index contributed by atoms with van der Waals surface area (Å²) in [4.78, 5) is 13.8. The Morgan fingerprint density at radius 3 is 2.50 bits per heavy atom. The molecule has 0 aromatic heterocycles. The van der Waals surface area contributed by atoms with Crippen molar-refractivity contribution in [3.8, 4) is 0 Å². The molecule has 0 radical (unpaired) electrons. The smallest absolute Gasteiger partial charge is 0.222 e. The predicted octanol–water partition coefficient (Wildman–Crippen LogP) is 2.84. The topological polar surface area (TPSA) is 46.3 Å². The Morgan fingerprint density at radius 1 is 1.25 bits per heavy atom. The number of rotatable bonds is 8. The number of carbonyl (C=O) groups is 1. The third kappa shape index (κ3) is 6.20. The van der Waals surface area contributed by atoms with Crippen LogP contribution >= 0.6 is 0 Å². The Bertz CT molecular complexity index is 389. The molecule has 0 aliphatic carbocycles. The predicted molar refractivity (Wildman–Crippen MR) is 84.4 cm³/mol. The van der Waals surface area contributed by atoms with Crippen molar-refractivity contribution in [2.24, 2.45) is 11.7 Å². The zero-order chi connectivity index (χ0) is 15.0. The maximum absolute atomic E-state index is 12.0. The molecule has 1 aromatic carbocycles. The molecule has 112 valence electrons. The highest BCUT2D eigenvalue weighted by atomic mass is 16.2. The zero-order valence-corrected chi connectivity index (χ0v) is 13.0. The maximum atomic E-state index is 12.0. The van der Waals surface area contributed by atoms with E-state index in [1.807, 2.05) is 30.1 Å². The van der Waals surface area contributed by atoms with Crippen molar-refractivity contribution in [2.75, 3.05) is 13.6 Å². The Kier molecular flexibility index (Phi) is 7.31. The summed E-state index contributed by atoms with van der Waals surface area (Å²) in [6, 6.07) is 10.5. The van der Waals surface area contributed by atoms with Crippen LogP contribution in [0.1, 0.15) is 38.7 Å². The first kappa shape index (κ1) is 16.7. The number of nitrogens with zero attached hydrogens (tertiary/aromatic N) is 1. The van der Waals surface area contributed by atoms with Crippen molar-refractivity contribution < 1.29 is 4.79 Å². The minimum Gasteiger partial charge on any atom is -0.346 e. The fourth-order valence-corrected chi connectivity index (χ4v) is 2.08. The Labute approximate surface area is 123 Å². The van der Waals surface area contributed by atoms with Crippen LogP contribution in [0.4, 0.5) is 0 Å². The van der Waals surface area contributed by atoms with Crippen molar-refractivity contribution in [1.29, 1.82) is 0 Å². The second-order valence-corrected chi connectivity index (χ2v) is 5.85. The van der Waals surface area contributed by atoms with Gasteiger partial charge in [0.15, 0.2) is 0 Å². The molecule has 0 saturated heterocycles. The molecule has 2 N–H and O–H groups in total. The summed E-state index contributed by atoms with van der Waals surface area (Å²) in [5, 5.41) is 0. The van der Waals surface area contributed by atoms with Gasteiger partial charge in [-0.3, -0.25) is 4.79 Å². The summed E-state index contributed by atoms with van der Waals surface area (Å²) >= 11 is 0. The van der Waals surface area contributed by atoms with E-state index in [1.54, 1.807) is 0 Å². The molecule has 1 amide bonds. The molecular weight excluding hydrogens is 248 g/mol. The highest BCUT2D eigenvalue weighted by Crippen LogP contribution is 2.07.